The molecule has 0 saturated carbocycles. The Kier molecular flexibility index (Phi) is 6.53. The molecule has 0 bridgehead atoms. The Hall–Kier alpha value is -0.510. The van der Waals surface area contributed by atoms with Gasteiger partial charge in [0.05, 0.1) is 0 Å². The van der Waals surface area contributed by atoms with E-state index in [1.807, 2.05) is 18.9 Å². The standard InChI is InChI=1S/C13H22N2S/c1-4-6-8-13(7-5-2)16-15-11-9-14(3)10-12-15/h4-8H,9-12H2,1-3H3/b6-4-,7-5-,13-8+. The van der Waals surface area contributed by atoms with Crippen molar-refractivity contribution in [3.63, 3.8) is 0 Å². The molecule has 0 amide bonds. The van der Waals surface area contributed by atoms with Crippen LogP contribution in [0.3, 0.4) is 0 Å². The van der Waals surface area contributed by atoms with E-state index in [0.29, 0.717) is 0 Å². The number of likely N-dealkylation sites (N-methyl/N-ethyl adjacent to an activating group) is 1. The first-order valence-corrected chi connectivity index (χ1v) is 6.60. The van der Waals surface area contributed by atoms with E-state index >= 15 is 0 Å². The lowest BCUT2D eigenvalue weighted by Gasteiger charge is -2.31. The third-order valence-electron chi connectivity index (χ3n) is 2.48. The summed E-state index contributed by atoms with van der Waals surface area (Å²) in [7, 11) is 2.19. The van der Waals surface area contributed by atoms with Crippen molar-refractivity contribution in [1.82, 2.24) is 9.21 Å². The van der Waals surface area contributed by atoms with Gasteiger partial charge in [-0.3, -0.25) is 0 Å². The van der Waals surface area contributed by atoms with Crippen LogP contribution in [0.15, 0.2) is 35.3 Å². The Balaban J connectivity index is 2.48. The predicted octanol–water partition coefficient (Wildman–Crippen LogP) is 2.92. The van der Waals surface area contributed by atoms with E-state index in [1.54, 1.807) is 0 Å². The number of hydrogen-bond donors (Lipinski definition) is 0. The monoisotopic (exact) mass is 238 g/mol. The van der Waals surface area contributed by atoms with Crippen LogP contribution in [0.4, 0.5) is 0 Å². The number of nitrogens with zero attached hydrogens (tertiary/aromatic N) is 2. The van der Waals surface area contributed by atoms with Crippen molar-refractivity contribution in [2.24, 2.45) is 0 Å². The van der Waals surface area contributed by atoms with Crippen LogP contribution in [0.2, 0.25) is 0 Å². The highest BCUT2D eigenvalue weighted by Gasteiger charge is 2.14. The van der Waals surface area contributed by atoms with Gasteiger partial charge in [-0.15, -0.1) is 0 Å². The van der Waals surface area contributed by atoms with Crippen LogP contribution in [-0.4, -0.2) is 42.4 Å². The van der Waals surface area contributed by atoms with Crippen molar-refractivity contribution in [1.29, 1.82) is 0 Å². The molecule has 0 radical (unpaired) electrons. The Morgan fingerprint density at radius 2 is 1.75 bits per heavy atom. The lowest BCUT2D eigenvalue weighted by molar-refractivity contribution is 0.234. The highest BCUT2D eigenvalue weighted by molar-refractivity contribution is 8.01. The highest BCUT2D eigenvalue weighted by atomic mass is 32.2. The van der Waals surface area contributed by atoms with Crippen molar-refractivity contribution in [2.45, 2.75) is 13.8 Å². The van der Waals surface area contributed by atoms with Crippen molar-refractivity contribution in [2.75, 3.05) is 33.2 Å². The first-order valence-electron chi connectivity index (χ1n) is 5.83. The zero-order valence-corrected chi connectivity index (χ0v) is 11.3. The Bertz CT molecular complexity index is 274. The van der Waals surface area contributed by atoms with Gasteiger partial charge >= 0.3 is 0 Å². The molecule has 2 nitrogen and oxygen atoms in total. The zero-order valence-electron chi connectivity index (χ0n) is 10.5. The zero-order chi connectivity index (χ0) is 11.8. The summed E-state index contributed by atoms with van der Waals surface area (Å²) in [6.45, 7) is 8.73. The third kappa shape index (κ3) is 5.01. The van der Waals surface area contributed by atoms with Gasteiger partial charge in [-0.25, -0.2) is 4.31 Å². The third-order valence-corrected chi connectivity index (χ3v) is 3.59. The Morgan fingerprint density at radius 1 is 1.06 bits per heavy atom. The molecule has 1 aliphatic heterocycles. The molecule has 1 saturated heterocycles. The van der Waals surface area contributed by atoms with Gasteiger partial charge in [-0.1, -0.05) is 24.3 Å². The van der Waals surface area contributed by atoms with Gasteiger partial charge in [-0.05, 0) is 38.9 Å². The smallest absolute Gasteiger partial charge is 0.0226 e. The fraction of sp³-hybridized carbons (Fsp3) is 0.538. The van der Waals surface area contributed by atoms with Gasteiger partial charge in [0.1, 0.15) is 0 Å². The summed E-state index contributed by atoms with van der Waals surface area (Å²) >= 11 is 1.86. The van der Waals surface area contributed by atoms with Crippen molar-refractivity contribution in [3.05, 3.63) is 35.3 Å². The van der Waals surface area contributed by atoms with Gasteiger partial charge < -0.3 is 4.90 Å². The van der Waals surface area contributed by atoms with E-state index in [2.05, 4.69) is 53.6 Å². The van der Waals surface area contributed by atoms with Crippen LogP contribution < -0.4 is 0 Å². The molecule has 0 N–H and O–H groups in total. The van der Waals surface area contributed by atoms with Gasteiger partial charge in [0.15, 0.2) is 0 Å². The van der Waals surface area contributed by atoms with Crippen LogP contribution in [0.25, 0.3) is 0 Å². The topological polar surface area (TPSA) is 6.48 Å². The quantitative estimate of drug-likeness (QED) is 0.549. The average Bonchev–Trinajstić information content (AvgIpc) is 2.29. The van der Waals surface area contributed by atoms with Crippen molar-refractivity contribution >= 4 is 11.9 Å². The molecule has 90 valence electrons. The molecule has 0 aliphatic carbocycles. The van der Waals surface area contributed by atoms with E-state index in [1.165, 1.54) is 18.0 Å². The average molecular weight is 238 g/mol. The van der Waals surface area contributed by atoms with Gasteiger partial charge in [-0.2, -0.15) is 0 Å². The normalized spacial score (nSPS) is 21.3. The fourth-order valence-corrected chi connectivity index (χ4v) is 2.48. The number of hydrogen-bond acceptors (Lipinski definition) is 3. The summed E-state index contributed by atoms with van der Waals surface area (Å²) in [4.78, 5) is 3.69. The molecule has 0 aromatic heterocycles. The maximum atomic E-state index is 2.44. The molecular weight excluding hydrogens is 216 g/mol. The largest absolute Gasteiger partial charge is 0.304 e. The predicted molar refractivity (Wildman–Crippen MR) is 74.4 cm³/mol. The first-order chi connectivity index (χ1) is 7.76. The van der Waals surface area contributed by atoms with E-state index < -0.39 is 0 Å². The lowest BCUT2D eigenvalue weighted by Crippen LogP contribution is -2.41. The summed E-state index contributed by atoms with van der Waals surface area (Å²) in [5, 5.41) is 0. The molecular formula is C13H22N2S. The summed E-state index contributed by atoms with van der Waals surface area (Å²) in [6.07, 6.45) is 10.6. The van der Waals surface area contributed by atoms with E-state index in [0.717, 1.165) is 13.1 Å². The molecule has 3 heteroatoms. The SMILES string of the molecule is C\C=C/C=C(\C=C/C)SN1CCN(C)CC1. The van der Waals surface area contributed by atoms with Crippen LogP contribution >= 0.6 is 11.9 Å². The maximum absolute atomic E-state index is 2.44. The van der Waals surface area contributed by atoms with Crippen molar-refractivity contribution in [3.8, 4) is 0 Å². The van der Waals surface area contributed by atoms with E-state index in [9.17, 15) is 0 Å². The molecule has 1 heterocycles. The van der Waals surface area contributed by atoms with Gasteiger partial charge in [0.2, 0.25) is 0 Å². The molecule has 1 aliphatic rings. The molecule has 0 aromatic carbocycles. The lowest BCUT2D eigenvalue weighted by atomic mass is 10.4. The minimum atomic E-state index is 1.14. The minimum absolute atomic E-state index is 1.14. The second kappa shape index (κ2) is 7.71. The first kappa shape index (κ1) is 13.6. The van der Waals surface area contributed by atoms with E-state index in [4.69, 9.17) is 0 Å². The Labute approximate surface area is 104 Å². The molecule has 1 rings (SSSR count). The molecule has 16 heavy (non-hydrogen) atoms. The minimum Gasteiger partial charge on any atom is -0.304 e. The summed E-state index contributed by atoms with van der Waals surface area (Å²) in [6, 6.07) is 0. The van der Waals surface area contributed by atoms with Gasteiger partial charge in [0.25, 0.3) is 0 Å². The van der Waals surface area contributed by atoms with Crippen LogP contribution in [0.5, 0.6) is 0 Å². The maximum Gasteiger partial charge on any atom is 0.0226 e. The summed E-state index contributed by atoms with van der Waals surface area (Å²) in [5.41, 5.74) is 0. The number of piperazine rings is 1. The molecule has 0 aromatic rings. The van der Waals surface area contributed by atoms with Crippen LogP contribution in [-0.2, 0) is 0 Å². The number of rotatable bonds is 4. The highest BCUT2D eigenvalue weighted by Crippen LogP contribution is 2.23. The molecule has 0 unspecified atom stereocenters. The molecule has 0 atom stereocenters. The molecule has 0 spiro atoms. The van der Waals surface area contributed by atoms with Crippen LogP contribution in [0.1, 0.15) is 13.8 Å². The fourth-order valence-electron chi connectivity index (χ4n) is 1.50. The van der Waals surface area contributed by atoms with Gasteiger partial charge in [0, 0.05) is 31.1 Å². The second-order valence-corrected chi connectivity index (χ2v) is 5.09. The summed E-state index contributed by atoms with van der Waals surface area (Å²) < 4.78 is 2.44. The summed E-state index contributed by atoms with van der Waals surface area (Å²) in [5.74, 6) is 0. The second-order valence-electron chi connectivity index (χ2n) is 3.92. The Morgan fingerprint density at radius 3 is 2.31 bits per heavy atom. The van der Waals surface area contributed by atoms with E-state index in [-0.39, 0.29) is 0 Å². The number of allylic oxidation sites excluding steroid dienone is 5. The van der Waals surface area contributed by atoms with Crippen molar-refractivity contribution < 1.29 is 0 Å². The van der Waals surface area contributed by atoms with Crippen LogP contribution in [0, 0.1) is 0 Å². The molecule has 1 fully saturated rings.